The minimum absolute atomic E-state index is 0.167. The lowest BCUT2D eigenvalue weighted by Gasteiger charge is -1.96. The van der Waals surface area contributed by atoms with E-state index in [-0.39, 0.29) is 6.42 Å². The van der Waals surface area contributed by atoms with Crippen LogP contribution in [-0.2, 0) is 9.53 Å². The second kappa shape index (κ2) is 5.10. The summed E-state index contributed by atoms with van der Waals surface area (Å²) in [7, 11) is 0. The number of hydrogen-bond acceptors (Lipinski definition) is 3. The van der Waals surface area contributed by atoms with Crippen LogP contribution in [-0.4, -0.2) is 12.6 Å². The Bertz CT molecular complexity index is 126. The zero-order valence-electron chi connectivity index (χ0n) is 5.09. The molecule has 0 aliphatic rings. The van der Waals surface area contributed by atoms with Crippen molar-refractivity contribution in [3.63, 3.8) is 0 Å². The first kappa shape index (κ1) is 7.96. The van der Waals surface area contributed by atoms with E-state index in [1.54, 1.807) is 6.07 Å². The van der Waals surface area contributed by atoms with Crippen LogP contribution in [0.4, 0.5) is 0 Å². The van der Waals surface area contributed by atoms with Gasteiger partial charge in [0.25, 0.3) is 0 Å². The van der Waals surface area contributed by atoms with Crippen LogP contribution in [0.15, 0.2) is 0 Å². The fourth-order valence-corrected chi connectivity index (χ4v) is 0.302. The molecule has 0 aliphatic heterocycles. The molecule has 0 saturated carbocycles. The number of rotatable bonds is 3. The number of carbonyl (C=O) groups is 1. The summed E-state index contributed by atoms with van der Waals surface area (Å²) in [5, 5.41) is 7.97. The Hall–Kier alpha value is -1.04. The van der Waals surface area contributed by atoms with Gasteiger partial charge in [-0.15, -0.1) is 0 Å². The second-order valence-electron chi connectivity index (χ2n) is 1.41. The number of nitriles is 1. The van der Waals surface area contributed by atoms with Crippen molar-refractivity contribution in [3.8, 4) is 6.07 Å². The van der Waals surface area contributed by atoms with Crippen LogP contribution in [0.3, 0.4) is 0 Å². The van der Waals surface area contributed by atoms with Gasteiger partial charge >= 0.3 is 5.97 Å². The quantitative estimate of drug-likeness (QED) is 0.522. The summed E-state index contributed by atoms with van der Waals surface area (Å²) in [6, 6.07) is 1.68. The van der Waals surface area contributed by atoms with E-state index in [0.717, 1.165) is 0 Å². The zero-order chi connectivity index (χ0) is 7.11. The highest BCUT2D eigenvalue weighted by molar-refractivity contribution is 5.71. The number of esters is 1. The Morgan fingerprint density at radius 2 is 2.44 bits per heavy atom. The SMILES string of the molecule is [CH2]CCOC(=O)CC#N. The first-order valence-corrected chi connectivity index (χ1v) is 2.63. The highest BCUT2D eigenvalue weighted by Gasteiger charge is 1.97. The average Bonchev–Trinajstić information content (AvgIpc) is 1.85. The van der Waals surface area contributed by atoms with Gasteiger partial charge in [0.2, 0.25) is 0 Å². The van der Waals surface area contributed by atoms with Gasteiger partial charge in [-0.3, -0.25) is 4.79 Å². The summed E-state index contributed by atoms with van der Waals surface area (Å²) in [6.45, 7) is 3.76. The number of nitrogens with zero attached hydrogens (tertiary/aromatic N) is 1. The largest absolute Gasteiger partial charge is 0.465 e. The van der Waals surface area contributed by atoms with Gasteiger partial charge in [-0.1, -0.05) is 0 Å². The van der Waals surface area contributed by atoms with Crippen LogP contribution >= 0.6 is 0 Å². The van der Waals surface area contributed by atoms with Gasteiger partial charge in [0.05, 0.1) is 12.7 Å². The molecular weight excluding hydrogens is 118 g/mol. The molecule has 0 fully saturated rings. The van der Waals surface area contributed by atoms with Crippen molar-refractivity contribution in [2.75, 3.05) is 6.61 Å². The van der Waals surface area contributed by atoms with Crippen LogP contribution in [0.2, 0.25) is 0 Å². The Morgan fingerprint density at radius 3 is 2.89 bits per heavy atom. The van der Waals surface area contributed by atoms with Gasteiger partial charge < -0.3 is 4.74 Å². The molecule has 0 rings (SSSR count). The Balaban J connectivity index is 3.19. The van der Waals surface area contributed by atoms with Crippen LogP contribution in [0.5, 0.6) is 0 Å². The van der Waals surface area contributed by atoms with E-state index in [4.69, 9.17) is 5.26 Å². The zero-order valence-corrected chi connectivity index (χ0v) is 5.09. The van der Waals surface area contributed by atoms with E-state index < -0.39 is 5.97 Å². The number of carbonyl (C=O) groups excluding carboxylic acids is 1. The topological polar surface area (TPSA) is 50.1 Å². The molecule has 9 heavy (non-hydrogen) atoms. The van der Waals surface area contributed by atoms with Gasteiger partial charge in [0.1, 0.15) is 6.42 Å². The van der Waals surface area contributed by atoms with E-state index in [2.05, 4.69) is 11.7 Å². The molecule has 49 valence electrons. The first-order valence-electron chi connectivity index (χ1n) is 2.63. The van der Waals surface area contributed by atoms with Crippen molar-refractivity contribution in [2.45, 2.75) is 12.8 Å². The van der Waals surface area contributed by atoms with E-state index in [1.807, 2.05) is 0 Å². The molecule has 0 spiro atoms. The van der Waals surface area contributed by atoms with E-state index in [1.165, 1.54) is 0 Å². The normalized spacial score (nSPS) is 8.00. The maximum atomic E-state index is 10.3. The van der Waals surface area contributed by atoms with E-state index >= 15 is 0 Å². The van der Waals surface area contributed by atoms with Gasteiger partial charge in [0.15, 0.2) is 0 Å². The highest BCUT2D eigenvalue weighted by atomic mass is 16.5. The molecule has 0 aromatic heterocycles. The molecule has 3 heteroatoms. The monoisotopic (exact) mass is 126 g/mol. The molecular formula is C6H8NO2. The molecule has 0 aromatic carbocycles. The summed E-state index contributed by atoms with van der Waals surface area (Å²) in [4.78, 5) is 10.3. The first-order chi connectivity index (χ1) is 4.31. The van der Waals surface area contributed by atoms with Crippen molar-refractivity contribution in [1.29, 1.82) is 5.26 Å². The van der Waals surface area contributed by atoms with E-state index in [9.17, 15) is 4.79 Å². The molecule has 0 aromatic rings. The van der Waals surface area contributed by atoms with Crippen LogP contribution in [0, 0.1) is 18.3 Å². The molecule has 1 radical (unpaired) electrons. The summed E-state index contributed by atoms with van der Waals surface area (Å²) >= 11 is 0. The lowest BCUT2D eigenvalue weighted by Crippen LogP contribution is -2.03. The molecule has 0 N–H and O–H groups in total. The fraction of sp³-hybridized carbons (Fsp3) is 0.500. The minimum atomic E-state index is -0.471. The van der Waals surface area contributed by atoms with Crippen LogP contribution in [0.1, 0.15) is 12.8 Å². The molecule has 0 atom stereocenters. The third kappa shape index (κ3) is 4.82. The van der Waals surface area contributed by atoms with Crippen molar-refractivity contribution < 1.29 is 9.53 Å². The molecule has 0 heterocycles. The summed E-state index contributed by atoms with van der Waals surface area (Å²) in [5.74, 6) is -0.471. The Morgan fingerprint density at radius 1 is 1.78 bits per heavy atom. The molecule has 0 saturated heterocycles. The predicted molar refractivity (Wildman–Crippen MR) is 31.2 cm³/mol. The smallest absolute Gasteiger partial charge is 0.320 e. The van der Waals surface area contributed by atoms with Crippen molar-refractivity contribution in [1.82, 2.24) is 0 Å². The Labute approximate surface area is 54.2 Å². The van der Waals surface area contributed by atoms with Gasteiger partial charge in [-0.2, -0.15) is 5.26 Å². The third-order valence-electron chi connectivity index (χ3n) is 0.631. The summed E-state index contributed by atoms with van der Waals surface area (Å²) in [6.07, 6.45) is 0.386. The number of ether oxygens (including phenoxy) is 1. The highest BCUT2D eigenvalue weighted by Crippen LogP contribution is 1.85. The summed E-state index contributed by atoms with van der Waals surface area (Å²) < 4.78 is 4.51. The predicted octanol–water partition coefficient (Wildman–Crippen LogP) is 0.667. The molecule has 3 nitrogen and oxygen atoms in total. The third-order valence-corrected chi connectivity index (χ3v) is 0.631. The molecule has 0 aliphatic carbocycles. The van der Waals surface area contributed by atoms with Crippen LogP contribution < -0.4 is 0 Å². The van der Waals surface area contributed by atoms with Crippen molar-refractivity contribution >= 4 is 5.97 Å². The molecule has 0 bridgehead atoms. The maximum Gasteiger partial charge on any atom is 0.320 e. The summed E-state index contributed by atoms with van der Waals surface area (Å²) in [5.41, 5.74) is 0. The standard InChI is InChI=1S/C6H8NO2/c1-2-5-9-6(8)3-4-7/h1-3,5H2. The maximum absolute atomic E-state index is 10.3. The van der Waals surface area contributed by atoms with E-state index in [0.29, 0.717) is 13.0 Å². The average molecular weight is 126 g/mol. The fourth-order valence-electron chi connectivity index (χ4n) is 0.302. The lowest BCUT2D eigenvalue weighted by atomic mass is 10.5. The van der Waals surface area contributed by atoms with Crippen molar-refractivity contribution in [3.05, 3.63) is 6.92 Å². The molecule has 0 unspecified atom stereocenters. The van der Waals surface area contributed by atoms with Gasteiger partial charge in [-0.05, 0) is 13.3 Å². The second-order valence-corrected chi connectivity index (χ2v) is 1.41. The molecule has 0 amide bonds. The number of hydrogen-bond donors (Lipinski definition) is 0. The van der Waals surface area contributed by atoms with Crippen molar-refractivity contribution in [2.24, 2.45) is 0 Å². The minimum Gasteiger partial charge on any atom is -0.465 e. The lowest BCUT2D eigenvalue weighted by molar-refractivity contribution is -0.142. The van der Waals surface area contributed by atoms with Gasteiger partial charge in [-0.25, -0.2) is 0 Å². The Kier molecular flexibility index (Phi) is 4.51. The van der Waals surface area contributed by atoms with Gasteiger partial charge in [0, 0.05) is 0 Å². The van der Waals surface area contributed by atoms with Crippen LogP contribution in [0.25, 0.3) is 0 Å².